The fourth-order valence-electron chi connectivity index (χ4n) is 3.89. The molecule has 154 valence electrons. The molecule has 8 heteroatoms. The van der Waals surface area contributed by atoms with E-state index in [0.29, 0.717) is 30.0 Å². The molecular formula is C20H28N2O6. The maximum Gasteiger partial charge on any atom is 0.251 e. The van der Waals surface area contributed by atoms with Gasteiger partial charge >= 0.3 is 0 Å². The second kappa shape index (κ2) is 8.79. The fourth-order valence-corrected chi connectivity index (χ4v) is 3.89. The number of aliphatic hydroxyl groups is 1. The molecule has 1 aromatic carbocycles. The lowest BCUT2D eigenvalue weighted by atomic mass is 9.97. The molecule has 1 saturated heterocycles. The second-order valence-electron chi connectivity index (χ2n) is 7.36. The third-order valence-electron chi connectivity index (χ3n) is 5.46. The third-order valence-corrected chi connectivity index (χ3v) is 5.46. The Labute approximate surface area is 164 Å². The van der Waals surface area contributed by atoms with Crippen LogP contribution < -0.4 is 20.1 Å². The van der Waals surface area contributed by atoms with Crippen molar-refractivity contribution < 1.29 is 28.9 Å². The van der Waals surface area contributed by atoms with Gasteiger partial charge in [0.15, 0.2) is 17.6 Å². The van der Waals surface area contributed by atoms with E-state index in [0.717, 1.165) is 25.7 Å². The first-order chi connectivity index (χ1) is 13.5. The number of ether oxygens (including phenoxy) is 3. The van der Waals surface area contributed by atoms with Crippen LogP contribution in [0.4, 0.5) is 0 Å². The third kappa shape index (κ3) is 4.56. The van der Waals surface area contributed by atoms with Gasteiger partial charge < -0.3 is 30.0 Å². The Hall–Kier alpha value is -2.32. The molecule has 2 fully saturated rings. The van der Waals surface area contributed by atoms with Crippen molar-refractivity contribution >= 4 is 11.8 Å². The monoisotopic (exact) mass is 392 g/mol. The van der Waals surface area contributed by atoms with Crippen molar-refractivity contribution in [2.24, 2.45) is 0 Å². The summed E-state index contributed by atoms with van der Waals surface area (Å²) in [5.41, 5.74) is -0.00206. The first-order valence-electron chi connectivity index (χ1n) is 9.59. The van der Waals surface area contributed by atoms with Crippen LogP contribution in [0.25, 0.3) is 0 Å². The first-order valence-corrected chi connectivity index (χ1v) is 9.59. The summed E-state index contributed by atoms with van der Waals surface area (Å²) in [6, 6.07) is 4.57. The summed E-state index contributed by atoms with van der Waals surface area (Å²) in [4.78, 5) is 24.6. The van der Waals surface area contributed by atoms with Crippen LogP contribution in [0.5, 0.6) is 11.5 Å². The SMILES string of the molecule is COc1ccc([C@H]2NC(=O)CO[C@@H]2C(=O)NCCC2(O)CCCC2)cc1OC. The molecule has 28 heavy (non-hydrogen) atoms. The molecule has 3 N–H and O–H groups in total. The summed E-state index contributed by atoms with van der Waals surface area (Å²) in [6.07, 6.45) is 3.22. The van der Waals surface area contributed by atoms with Gasteiger partial charge in [0.2, 0.25) is 5.91 Å². The van der Waals surface area contributed by atoms with E-state index < -0.39 is 17.7 Å². The number of hydrogen-bond donors (Lipinski definition) is 3. The predicted molar refractivity (Wildman–Crippen MR) is 101 cm³/mol. The first kappa shape index (κ1) is 20.4. The van der Waals surface area contributed by atoms with Crippen LogP contribution in [0, 0.1) is 0 Å². The summed E-state index contributed by atoms with van der Waals surface area (Å²) in [5, 5.41) is 16.1. The Balaban J connectivity index is 1.69. The van der Waals surface area contributed by atoms with Gasteiger partial charge in [0.1, 0.15) is 6.61 Å². The van der Waals surface area contributed by atoms with Gasteiger partial charge in [0.05, 0.1) is 25.9 Å². The Morgan fingerprint density at radius 3 is 2.68 bits per heavy atom. The lowest BCUT2D eigenvalue weighted by Crippen LogP contribution is -2.52. The number of hydrogen-bond acceptors (Lipinski definition) is 6. The summed E-state index contributed by atoms with van der Waals surface area (Å²) in [6.45, 7) is 0.188. The number of benzene rings is 1. The van der Waals surface area contributed by atoms with Gasteiger partial charge in [-0.2, -0.15) is 0 Å². The number of morpholine rings is 1. The van der Waals surface area contributed by atoms with E-state index in [1.165, 1.54) is 14.2 Å². The van der Waals surface area contributed by atoms with Crippen LogP contribution in [-0.2, 0) is 14.3 Å². The Kier molecular flexibility index (Phi) is 6.41. The summed E-state index contributed by atoms with van der Waals surface area (Å²) in [7, 11) is 3.06. The van der Waals surface area contributed by atoms with E-state index >= 15 is 0 Å². The topological polar surface area (TPSA) is 106 Å². The number of nitrogens with one attached hydrogen (secondary N) is 2. The molecule has 1 saturated carbocycles. The molecule has 0 unspecified atom stereocenters. The summed E-state index contributed by atoms with van der Waals surface area (Å²) >= 11 is 0. The summed E-state index contributed by atoms with van der Waals surface area (Å²) < 4.78 is 16.1. The Morgan fingerprint density at radius 2 is 2.00 bits per heavy atom. The lowest BCUT2D eigenvalue weighted by Gasteiger charge is -2.32. The number of carbonyl (C=O) groups is 2. The predicted octanol–water partition coefficient (Wildman–Crippen LogP) is 1.07. The van der Waals surface area contributed by atoms with E-state index in [2.05, 4.69) is 10.6 Å². The van der Waals surface area contributed by atoms with Crippen LogP contribution in [0.15, 0.2) is 18.2 Å². The van der Waals surface area contributed by atoms with Gasteiger partial charge in [-0.25, -0.2) is 0 Å². The van der Waals surface area contributed by atoms with Gasteiger partial charge in [-0.1, -0.05) is 18.9 Å². The Bertz CT molecular complexity index is 717. The second-order valence-corrected chi connectivity index (χ2v) is 7.36. The van der Waals surface area contributed by atoms with Crippen molar-refractivity contribution in [3.05, 3.63) is 23.8 Å². The fraction of sp³-hybridized carbons (Fsp3) is 0.600. The molecule has 2 aliphatic rings. The molecule has 0 radical (unpaired) electrons. The van der Waals surface area contributed by atoms with Crippen LogP contribution in [0.1, 0.15) is 43.7 Å². The van der Waals surface area contributed by atoms with Crippen molar-refractivity contribution in [1.82, 2.24) is 10.6 Å². The van der Waals surface area contributed by atoms with Crippen LogP contribution in [0.3, 0.4) is 0 Å². The highest BCUT2D eigenvalue weighted by molar-refractivity contribution is 5.86. The van der Waals surface area contributed by atoms with Gasteiger partial charge in [-0.3, -0.25) is 9.59 Å². The van der Waals surface area contributed by atoms with Crippen molar-refractivity contribution in [2.45, 2.75) is 49.9 Å². The lowest BCUT2D eigenvalue weighted by molar-refractivity contribution is -0.148. The van der Waals surface area contributed by atoms with Gasteiger partial charge in [-0.05, 0) is 37.0 Å². The molecule has 0 bridgehead atoms. The zero-order valence-corrected chi connectivity index (χ0v) is 16.3. The molecule has 0 spiro atoms. The minimum Gasteiger partial charge on any atom is -0.493 e. The highest BCUT2D eigenvalue weighted by Gasteiger charge is 2.37. The van der Waals surface area contributed by atoms with Crippen LogP contribution in [-0.4, -0.2) is 56.0 Å². The summed E-state index contributed by atoms with van der Waals surface area (Å²) in [5.74, 6) is 0.452. The van der Waals surface area contributed by atoms with Gasteiger partial charge in [0, 0.05) is 6.54 Å². The molecular weight excluding hydrogens is 364 g/mol. The van der Waals surface area contributed by atoms with Crippen LogP contribution in [0.2, 0.25) is 0 Å². The minimum absolute atomic E-state index is 0.175. The zero-order chi connectivity index (χ0) is 20.1. The molecule has 8 nitrogen and oxygen atoms in total. The maximum atomic E-state index is 12.7. The highest BCUT2D eigenvalue weighted by atomic mass is 16.5. The smallest absolute Gasteiger partial charge is 0.251 e. The van der Waals surface area contributed by atoms with Crippen molar-refractivity contribution in [1.29, 1.82) is 0 Å². The van der Waals surface area contributed by atoms with Crippen molar-refractivity contribution in [3.8, 4) is 11.5 Å². The normalized spacial score (nSPS) is 23.8. The maximum absolute atomic E-state index is 12.7. The largest absolute Gasteiger partial charge is 0.493 e. The zero-order valence-electron chi connectivity index (χ0n) is 16.3. The van der Waals surface area contributed by atoms with Gasteiger partial charge in [0.25, 0.3) is 5.91 Å². The van der Waals surface area contributed by atoms with Gasteiger partial charge in [-0.15, -0.1) is 0 Å². The average molecular weight is 392 g/mol. The molecule has 1 aromatic rings. The van der Waals surface area contributed by atoms with E-state index in [1.54, 1.807) is 18.2 Å². The van der Waals surface area contributed by atoms with E-state index in [9.17, 15) is 14.7 Å². The molecule has 1 heterocycles. The molecule has 1 aliphatic carbocycles. The number of amides is 2. The average Bonchev–Trinajstić information content (AvgIpc) is 3.13. The highest BCUT2D eigenvalue weighted by Crippen LogP contribution is 2.33. The molecule has 0 aromatic heterocycles. The van der Waals surface area contributed by atoms with Crippen LogP contribution >= 0.6 is 0 Å². The Morgan fingerprint density at radius 1 is 1.29 bits per heavy atom. The molecule has 3 rings (SSSR count). The van der Waals surface area contributed by atoms with E-state index in [4.69, 9.17) is 14.2 Å². The van der Waals surface area contributed by atoms with Crippen molar-refractivity contribution in [2.75, 3.05) is 27.4 Å². The quantitative estimate of drug-likeness (QED) is 0.641. The standard InChI is InChI=1S/C20H28N2O6/c1-26-14-6-5-13(11-15(14)27-2)17-18(28-12-16(23)22-17)19(24)21-10-9-20(25)7-3-4-8-20/h5-6,11,17-18,25H,3-4,7-10,12H2,1-2H3,(H,21,24)(H,22,23)/t17-,18+/m1/s1. The number of methoxy groups -OCH3 is 2. The molecule has 2 amide bonds. The minimum atomic E-state index is -0.867. The number of carbonyl (C=O) groups excluding carboxylic acids is 2. The van der Waals surface area contributed by atoms with Crippen molar-refractivity contribution in [3.63, 3.8) is 0 Å². The molecule has 2 atom stereocenters. The van der Waals surface area contributed by atoms with E-state index in [-0.39, 0.29) is 18.4 Å². The number of rotatable bonds is 7. The van der Waals surface area contributed by atoms with E-state index in [1.807, 2.05) is 0 Å². The molecule has 1 aliphatic heterocycles.